The molecule has 0 fully saturated rings. The molecular weight excluding hydrogens is 320 g/mol. The third kappa shape index (κ3) is 2.59. The van der Waals surface area contributed by atoms with Crippen molar-refractivity contribution in [3.63, 3.8) is 0 Å². The third-order valence-electron chi connectivity index (χ3n) is 2.56. The lowest BCUT2D eigenvalue weighted by Crippen LogP contribution is -2.04. The van der Waals surface area contributed by atoms with Crippen LogP contribution in [0.5, 0.6) is 0 Å². The average Bonchev–Trinajstić information content (AvgIpc) is 2.65. The Kier molecular flexibility index (Phi) is 3.66. The molecular formula is C11H5Cl2F3N2O2. The molecule has 20 heavy (non-hydrogen) atoms. The smallest absolute Gasteiger partial charge is 0.339 e. The monoisotopic (exact) mass is 324 g/mol. The van der Waals surface area contributed by atoms with Crippen molar-refractivity contribution >= 4 is 28.9 Å². The van der Waals surface area contributed by atoms with E-state index >= 15 is 0 Å². The molecule has 0 bridgehead atoms. The van der Waals surface area contributed by atoms with Crippen molar-refractivity contribution in [3.8, 4) is 11.3 Å². The number of aromatic amines is 1. The number of hydrogen-bond acceptors (Lipinski definition) is 2. The fourth-order valence-corrected chi connectivity index (χ4v) is 2.04. The number of halogens is 5. The highest BCUT2D eigenvalue weighted by Gasteiger charge is 2.31. The quantitative estimate of drug-likeness (QED) is 0.629. The van der Waals surface area contributed by atoms with Crippen LogP contribution in [0.25, 0.3) is 11.3 Å². The van der Waals surface area contributed by atoms with Gasteiger partial charge in [-0.25, -0.2) is 0 Å². The summed E-state index contributed by atoms with van der Waals surface area (Å²) >= 11 is 11.3. The van der Waals surface area contributed by atoms with Crippen molar-refractivity contribution in [2.75, 3.05) is 0 Å². The van der Waals surface area contributed by atoms with Crippen LogP contribution in [0.1, 0.15) is 5.56 Å². The van der Waals surface area contributed by atoms with Crippen LogP contribution in [-0.2, 0) is 6.18 Å². The molecule has 0 unspecified atom stereocenters. The lowest BCUT2D eigenvalue weighted by atomic mass is 10.1. The van der Waals surface area contributed by atoms with Crippen LogP contribution in [0.4, 0.5) is 18.9 Å². The molecule has 0 atom stereocenters. The molecule has 0 aliphatic rings. The second kappa shape index (κ2) is 4.99. The molecule has 0 radical (unpaired) electrons. The summed E-state index contributed by atoms with van der Waals surface area (Å²) in [6.07, 6.45) is -4.48. The summed E-state index contributed by atoms with van der Waals surface area (Å²) < 4.78 is 37.3. The highest BCUT2D eigenvalue weighted by atomic mass is 35.5. The van der Waals surface area contributed by atoms with Crippen LogP contribution in [0.15, 0.2) is 24.3 Å². The van der Waals surface area contributed by atoms with E-state index in [-0.39, 0.29) is 21.4 Å². The van der Waals surface area contributed by atoms with E-state index in [2.05, 4.69) is 4.98 Å². The van der Waals surface area contributed by atoms with Crippen LogP contribution in [-0.4, -0.2) is 9.91 Å². The summed E-state index contributed by atoms with van der Waals surface area (Å²) in [5.74, 6) is 0. The number of H-pyrrole nitrogens is 1. The minimum atomic E-state index is -4.48. The predicted octanol–water partition coefficient (Wildman–Crippen LogP) is 4.92. The molecule has 1 aromatic heterocycles. The highest BCUT2D eigenvalue weighted by Crippen LogP contribution is 2.41. The van der Waals surface area contributed by atoms with Gasteiger partial charge in [-0.2, -0.15) is 13.2 Å². The molecule has 4 nitrogen and oxygen atoms in total. The molecule has 0 aliphatic heterocycles. The number of nitrogens with one attached hydrogen (secondary N) is 1. The van der Waals surface area contributed by atoms with E-state index in [4.69, 9.17) is 23.2 Å². The first-order valence-electron chi connectivity index (χ1n) is 5.11. The Morgan fingerprint density at radius 2 is 1.70 bits per heavy atom. The predicted molar refractivity (Wildman–Crippen MR) is 67.9 cm³/mol. The van der Waals surface area contributed by atoms with Crippen LogP contribution in [0.2, 0.25) is 10.2 Å². The summed E-state index contributed by atoms with van der Waals surface area (Å²) in [6.45, 7) is 0. The Hall–Kier alpha value is -1.73. The largest absolute Gasteiger partial charge is 0.416 e. The van der Waals surface area contributed by atoms with Crippen LogP contribution in [0.3, 0.4) is 0 Å². The molecule has 1 heterocycles. The first kappa shape index (κ1) is 14.7. The van der Waals surface area contributed by atoms with Crippen LogP contribution >= 0.6 is 23.2 Å². The van der Waals surface area contributed by atoms with Gasteiger partial charge < -0.3 is 4.98 Å². The van der Waals surface area contributed by atoms with Gasteiger partial charge in [-0.15, -0.1) is 0 Å². The van der Waals surface area contributed by atoms with Gasteiger partial charge >= 0.3 is 11.9 Å². The fraction of sp³-hybridized carbons (Fsp3) is 0.0909. The first-order chi connectivity index (χ1) is 9.21. The van der Waals surface area contributed by atoms with Crippen LogP contribution in [0, 0.1) is 10.1 Å². The number of rotatable bonds is 2. The number of hydrogen-bond donors (Lipinski definition) is 1. The van der Waals surface area contributed by atoms with Gasteiger partial charge in [-0.1, -0.05) is 35.3 Å². The van der Waals surface area contributed by atoms with Crippen molar-refractivity contribution < 1.29 is 18.1 Å². The fourth-order valence-electron chi connectivity index (χ4n) is 1.64. The van der Waals surface area contributed by atoms with Gasteiger partial charge in [0.2, 0.25) is 0 Å². The minimum Gasteiger partial charge on any atom is -0.339 e. The van der Waals surface area contributed by atoms with E-state index in [0.29, 0.717) is 0 Å². The number of alkyl halides is 3. The number of aromatic nitrogens is 1. The van der Waals surface area contributed by atoms with E-state index in [9.17, 15) is 23.3 Å². The summed E-state index contributed by atoms with van der Waals surface area (Å²) in [7, 11) is 0. The second-order valence-corrected chi connectivity index (χ2v) is 4.56. The van der Waals surface area contributed by atoms with Crippen molar-refractivity contribution in [1.82, 2.24) is 4.98 Å². The van der Waals surface area contributed by atoms with Crippen LogP contribution < -0.4 is 0 Å². The van der Waals surface area contributed by atoms with Crippen molar-refractivity contribution in [3.05, 3.63) is 50.1 Å². The lowest BCUT2D eigenvalue weighted by Gasteiger charge is -2.06. The maximum atomic E-state index is 12.4. The SMILES string of the molecule is O=[N+]([O-])c1c(-c2ccc(C(F)(F)F)cc2)[nH]c(Cl)c1Cl. The maximum Gasteiger partial charge on any atom is 0.416 e. The van der Waals surface area contributed by atoms with Gasteiger partial charge in [0, 0.05) is 5.56 Å². The molecule has 1 aromatic carbocycles. The van der Waals surface area contributed by atoms with Crippen molar-refractivity contribution in [1.29, 1.82) is 0 Å². The zero-order valence-corrected chi connectivity index (χ0v) is 11.0. The third-order valence-corrected chi connectivity index (χ3v) is 3.30. The Morgan fingerprint density at radius 1 is 1.15 bits per heavy atom. The van der Waals surface area contributed by atoms with Gasteiger partial charge in [-0.3, -0.25) is 10.1 Å². The van der Waals surface area contributed by atoms with E-state index in [1.807, 2.05) is 0 Å². The minimum absolute atomic E-state index is 0.0428. The zero-order valence-electron chi connectivity index (χ0n) is 9.46. The highest BCUT2D eigenvalue weighted by molar-refractivity contribution is 6.43. The molecule has 106 valence electrons. The molecule has 1 N–H and O–H groups in total. The standard InChI is InChI=1S/C11H5Cl2F3N2O2/c12-7-9(18(19)20)8(17-10(7)13)5-1-3-6(4-2-5)11(14,15)16/h1-4,17H. The molecule has 0 saturated heterocycles. The summed E-state index contributed by atoms with van der Waals surface area (Å²) in [6, 6.07) is 3.85. The van der Waals surface area contributed by atoms with Gasteiger partial charge in [0.15, 0.2) is 5.02 Å². The Bertz CT molecular complexity index is 666. The molecule has 0 aliphatic carbocycles. The number of benzene rings is 1. The van der Waals surface area contributed by atoms with Gasteiger partial charge in [0.1, 0.15) is 10.8 Å². The molecule has 0 saturated carbocycles. The van der Waals surface area contributed by atoms with E-state index < -0.39 is 22.4 Å². The summed E-state index contributed by atoms with van der Waals surface area (Å²) in [4.78, 5) is 12.6. The molecule has 2 rings (SSSR count). The lowest BCUT2D eigenvalue weighted by molar-refractivity contribution is -0.383. The Balaban J connectivity index is 2.53. The normalized spacial score (nSPS) is 11.7. The molecule has 2 aromatic rings. The van der Waals surface area contributed by atoms with Gasteiger partial charge in [-0.05, 0) is 12.1 Å². The maximum absolute atomic E-state index is 12.4. The first-order valence-corrected chi connectivity index (χ1v) is 5.86. The molecule has 9 heteroatoms. The topological polar surface area (TPSA) is 58.9 Å². The van der Waals surface area contributed by atoms with Crippen molar-refractivity contribution in [2.24, 2.45) is 0 Å². The summed E-state index contributed by atoms with van der Waals surface area (Å²) in [5, 5.41) is 10.5. The summed E-state index contributed by atoms with van der Waals surface area (Å²) in [5.41, 5.74) is -1.19. The second-order valence-electron chi connectivity index (χ2n) is 3.81. The Morgan fingerprint density at radius 3 is 2.15 bits per heavy atom. The molecule has 0 amide bonds. The molecule has 0 spiro atoms. The van der Waals surface area contributed by atoms with Gasteiger partial charge in [0.05, 0.1) is 10.5 Å². The van der Waals surface area contributed by atoms with E-state index in [0.717, 1.165) is 24.3 Å². The zero-order chi connectivity index (χ0) is 15.1. The number of nitrogens with zero attached hydrogens (tertiary/aromatic N) is 1. The van der Waals surface area contributed by atoms with Crippen molar-refractivity contribution in [2.45, 2.75) is 6.18 Å². The average molecular weight is 325 g/mol. The van der Waals surface area contributed by atoms with E-state index in [1.165, 1.54) is 0 Å². The van der Waals surface area contributed by atoms with Gasteiger partial charge in [0.25, 0.3) is 0 Å². The Labute approximate surface area is 120 Å². The number of nitro groups is 1. The van der Waals surface area contributed by atoms with E-state index in [1.54, 1.807) is 0 Å².